The molecule has 5 nitrogen and oxygen atoms in total. The summed E-state index contributed by atoms with van der Waals surface area (Å²) in [5.41, 5.74) is 0.764. The van der Waals surface area contributed by atoms with E-state index in [0.29, 0.717) is 20.6 Å². The van der Waals surface area contributed by atoms with Gasteiger partial charge in [0.25, 0.3) is 5.91 Å². The second kappa shape index (κ2) is 7.96. The molecule has 0 atom stereocenters. The number of terminal acetylenes is 1. The molecule has 0 aliphatic carbocycles. The Balaban J connectivity index is 2.13. The standard InChI is InChI=1S/C18H15ClN2O3S2/c1-4-9-21-16-12(23-2)6-7-13(24-3)17(16)26-18(21)20-15(22)10-11-5-8-14(19)25-11/h1,5-8H,9-10H2,2-3H3. The average molecular weight is 407 g/mol. The fourth-order valence-corrected chi connectivity index (χ4v) is 4.75. The van der Waals surface area contributed by atoms with Crippen LogP contribution in [0.15, 0.2) is 29.3 Å². The summed E-state index contributed by atoms with van der Waals surface area (Å²) in [7, 11) is 3.18. The highest BCUT2D eigenvalue weighted by molar-refractivity contribution is 7.17. The molecule has 1 aromatic carbocycles. The molecule has 2 aromatic heterocycles. The Morgan fingerprint density at radius 1 is 1.23 bits per heavy atom. The molecule has 0 spiro atoms. The molecule has 8 heteroatoms. The van der Waals surface area contributed by atoms with Crippen molar-refractivity contribution < 1.29 is 14.3 Å². The van der Waals surface area contributed by atoms with E-state index in [1.54, 1.807) is 30.9 Å². The molecule has 0 aliphatic rings. The zero-order valence-corrected chi connectivity index (χ0v) is 16.5. The topological polar surface area (TPSA) is 52.8 Å². The number of rotatable bonds is 5. The molecule has 26 heavy (non-hydrogen) atoms. The smallest absolute Gasteiger partial charge is 0.253 e. The zero-order valence-electron chi connectivity index (χ0n) is 14.1. The van der Waals surface area contributed by atoms with Gasteiger partial charge in [0.15, 0.2) is 4.80 Å². The first-order chi connectivity index (χ1) is 12.6. The van der Waals surface area contributed by atoms with Crippen molar-refractivity contribution >= 4 is 50.4 Å². The predicted molar refractivity (Wildman–Crippen MR) is 105 cm³/mol. The number of hydrogen-bond donors (Lipinski definition) is 0. The number of hydrogen-bond acceptors (Lipinski definition) is 5. The highest BCUT2D eigenvalue weighted by Gasteiger charge is 2.16. The van der Waals surface area contributed by atoms with E-state index in [1.165, 1.54) is 22.7 Å². The number of carbonyl (C=O) groups excluding carboxylic acids is 1. The third kappa shape index (κ3) is 3.63. The summed E-state index contributed by atoms with van der Waals surface area (Å²) < 4.78 is 14.1. The largest absolute Gasteiger partial charge is 0.495 e. The summed E-state index contributed by atoms with van der Waals surface area (Å²) in [6.07, 6.45) is 5.71. The van der Waals surface area contributed by atoms with Crippen LogP contribution in [0.5, 0.6) is 11.5 Å². The minimum Gasteiger partial charge on any atom is -0.495 e. The molecule has 2 heterocycles. The number of aromatic nitrogens is 1. The van der Waals surface area contributed by atoms with Crippen LogP contribution in [0, 0.1) is 12.3 Å². The number of thiophene rings is 1. The summed E-state index contributed by atoms with van der Waals surface area (Å²) in [6.45, 7) is 0.264. The maximum atomic E-state index is 12.4. The molecule has 0 unspecified atom stereocenters. The Hall–Kier alpha value is -2.27. The lowest BCUT2D eigenvalue weighted by molar-refractivity contribution is -0.117. The van der Waals surface area contributed by atoms with Crippen LogP contribution in [-0.4, -0.2) is 24.7 Å². The molecule has 0 fully saturated rings. The summed E-state index contributed by atoms with van der Waals surface area (Å²) in [5.74, 6) is 3.66. The van der Waals surface area contributed by atoms with Gasteiger partial charge in [-0.25, -0.2) is 0 Å². The normalized spacial score (nSPS) is 11.5. The van der Waals surface area contributed by atoms with E-state index in [9.17, 15) is 4.79 Å². The van der Waals surface area contributed by atoms with E-state index >= 15 is 0 Å². The molecule has 3 rings (SSSR count). The number of methoxy groups -OCH3 is 2. The van der Waals surface area contributed by atoms with E-state index in [4.69, 9.17) is 27.5 Å². The summed E-state index contributed by atoms with van der Waals surface area (Å²) in [4.78, 5) is 18.1. The molecule has 0 N–H and O–H groups in total. The van der Waals surface area contributed by atoms with Gasteiger partial charge in [0.1, 0.15) is 21.7 Å². The Kier molecular flexibility index (Phi) is 5.67. The van der Waals surface area contributed by atoms with Crippen LogP contribution < -0.4 is 14.3 Å². The third-order valence-electron chi connectivity index (χ3n) is 3.62. The number of fused-ring (bicyclic) bond motifs is 1. The molecular formula is C18H15ClN2O3S2. The molecule has 134 valence electrons. The van der Waals surface area contributed by atoms with Crippen molar-refractivity contribution in [2.24, 2.45) is 4.99 Å². The predicted octanol–water partition coefficient (Wildman–Crippen LogP) is 3.74. The van der Waals surface area contributed by atoms with Crippen molar-refractivity contribution in [2.45, 2.75) is 13.0 Å². The number of benzene rings is 1. The fraction of sp³-hybridized carbons (Fsp3) is 0.222. The van der Waals surface area contributed by atoms with Crippen LogP contribution in [0.1, 0.15) is 4.88 Å². The fourth-order valence-electron chi connectivity index (χ4n) is 2.52. The number of thiazole rings is 1. The maximum absolute atomic E-state index is 12.4. The van der Waals surface area contributed by atoms with Crippen molar-refractivity contribution in [1.29, 1.82) is 0 Å². The maximum Gasteiger partial charge on any atom is 0.253 e. The van der Waals surface area contributed by atoms with E-state index < -0.39 is 0 Å². The van der Waals surface area contributed by atoms with Crippen molar-refractivity contribution in [3.05, 3.63) is 38.3 Å². The number of ether oxygens (including phenoxy) is 2. The van der Waals surface area contributed by atoms with Gasteiger partial charge in [0, 0.05) is 4.88 Å². The Morgan fingerprint density at radius 3 is 2.58 bits per heavy atom. The van der Waals surface area contributed by atoms with E-state index in [-0.39, 0.29) is 18.9 Å². The van der Waals surface area contributed by atoms with Crippen molar-refractivity contribution in [2.75, 3.05) is 14.2 Å². The van der Waals surface area contributed by atoms with Gasteiger partial charge in [-0.3, -0.25) is 4.79 Å². The Morgan fingerprint density at radius 2 is 1.96 bits per heavy atom. The number of halogens is 1. The first-order valence-corrected chi connectivity index (χ1v) is 9.58. The van der Waals surface area contributed by atoms with Crippen LogP contribution in [0.2, 0.25) is 4.34 Å². The molecule has 0 radical (unpaired) electrons. The number of amides is 1. The Labute approximate surface area is 163 Å². The first kappa shape index (κ1) is 18.5. The van der Waals surface area contributed by atoms with Gasteiger partial charge < -0.3 is 14.0 Å². The highest BCUT2D eigenvalue weighted by atomic mass is 35.5. The molecular weight excluding hydrogens is 392 g/mol. The van der Waals surface area contributed by atoms with Gasteiger partial charge in [-0.2, -0.15) is 4.99 Å². The summed E-state index contributed by atoms with van der Waals surface area (Å²) in [6, 6.07) is 7.21. The molecule has 3 aromatic rings. The second-order valence-electron chi connectivity index (χ2n) is 5.21. The highest BCUT2D eigenvalue weighted by Crippen LogP contribution is 2.35. The lowest BCUT2D eigenvalue weighted by Crippen LogP contribution is -2.17. The quantitative estimate of drug-likeness (QED) is 0.606. The molecule has 0 saturated heterocycles. The van der Waals surface area contributed by atoms with E-state index in [2.05, 4.69) is 10.9 Å². The molecule has 0 saturated carbocycles. The minimum atomic E-state index is -0.265. The van der Waals surface area contributed by atoms with Gasteiger partial charge in [-0.15, -0.1) is 17.8 Å². The van der Waals surface area contributed by atoms with Gasteiger partial charge in [0.05, 0.1) is 31.5 Å². The van der Waals surface area contributed by atoms with Crippen LogP contribution in [-0.2, 0) is 17.8 Å². The lowest BCUT2D eigenvalue weighted by atomic mass is 10.3. The van der Waals surface area contributed by atoms with E-state index in [1.807, 2.05) is 12.1 Å². The summed E-state index contributed by atoms with van der Waals surface area (Å²) >= 11 is 8.62. The van der Waals surface area contributed by atoms with Crippen molar-refractivity contribution in [3.8, 4) is 23.8 Å². The lowest BCUT2D eigenvalue weighted by Gasteiger charge is -2.08. The molecule has 0 bridgehead atoms. The van der Waals surface area contributed by atoms with Gasteiger partial charge in [-0.1, -0.05) is 28.9 Å². The minimum absolute atomic E-state index is 0.190. The van der Waals surface area contributed by atoms with Crippen molar-refractivity contribution in [1.82, 2.24) is 4.57 Å². The van der Waals surface area contributed by atoms with Crippen LogP contribution >= 0.6 is 34.3 Å². The molecule has 1 amide bonds. The SMILES string of the molecule is C#CCn1c(=NC(=O)Cc2ccc(Cl)s2)sc2c(OC)ccc(OC)c21. The zero-order chi connectivity index (χ0) is 18.7. The van der Waals surface area contributed by atoms with E-state index in [0.717, 1.165) is 15.1 Å². The average Bonchev–Trinajstić information content (AvgIpc) is 3.18. The van der Waals surface area contributed by atoms with Crippen LogP contribution in [0.4, 0.5) is 0 Å². The number of nitrogens with zero attached hydrogens (tertiary/aromatic N) is 2. The summed E-state index contributed by atoms with van der Waals surface area (Å²) in [5, 5.41) is 0. The monoisotopic (exact) mass is 406 g/mol. The van der Waals surface area contributed by atoms with Gasteiger partial charge in [-0.05, 0) is 24.3 Å². The van der Waals surface area contributed by atoms with Crippen LogP contribution in [0.25, 0.3) is 10.2 Å². The third-order valence-corrected chi connectivity index (χ3v) is 5.94. The second-order valence-corrected chi connectivity index (χ2v) is 7.99. The number of carbonyl (C=O) groups is 1. The Bertz CT molecular complexity index is 1070. The van der Waals surface area contributed by atoms with Gasteiger partial charge in [0.2, 0.25) is 0 Å². The van der Waals surface area contributed by atoms with Crippen molar-refractivity contribution in [3.63, 3.8) is 0 Å². The van der Waals surface area contributed by atoms with Gasteiger partial charge >= 0.3 is 0 Å². The van der Waals surface area contributed by atoms with Crippen LogP contribution in [0.3, 0.4) is 0 Å². The molecule has 0 aliphatic heterocycles. The first-order valence-electron chi connectivity index (χ1n) is 7.57.